The molecule has 10 heteroatoms. The number of pyridine rings is 1. The van der Waals surface area contributed by atoms with E-state index in [0.717, 1.165) is 10.7 Å². The van der Waals surface area contributed by atoms with Gasteiger partial charge in [0.2, 0.25) is 5.88 Å². The summed E-state index contributed by atoms with van der Waals surface area (Å²) in [7, 11) is 0. The van der Waals surface area contributed by atoms with Crippen molar-refractivity contribution in [3.63, 3.8) is 0 Å². The van der Waals surface area contributed by atoms with E-state index in [1.165, 1.54) is 16.8 Å². The van der Waals surface area contributed by atoms with Crippen molar-refractivity contribution in [2.24, 2.45) is 5.10 Å². The number of fused-ring (bicyclic) bond motifs is 1. The molecular weight excluding hydrogens is 502 g/mol. The predicted molar refractivity (Wildman–Crippen MR) is 133 cm³/mol. The maximum Gasteiger partial charge on any atom is 0.287 e. The van der Waals surface area contributed by atoms with Gasteiger partial charge in [-0.15, -0.1) is 0 Å². The van der Waals surface area contributed by atoms with Crippen LogP contribution in [0.25, 0.3) is 10.9 Å². The fraction of sp³-hybridized carbons (Fsp3) is 0.167. The Hall–Kier alpha value is -3.92. The standard InChI is InChI=1S/C24H20BrN5O4/c1-24(2,3)23-28-20-9-7-16(25)12-19(20)22(31)29(23)27-13-15-5-4-6-18(11-15)34-21-10-8-17(14-26-21)30(32)33/h4-14H,1-3H3. The van der Waals surface area contributed by atoms with Crippen LogP contribution in [-0.4, -0.2) is 25.8 Å². The second kappa shape index (κ2) is 9.14. The normalized spacial score (nSPS) is 11.8. The maximum atomic E-state index is 13.3. The average Bonchev–Trinajstić information content (AvgIpc) is 2.78. The molecule has 2 aromatic heterocycles. The minimum absolute atomic E-state index is 0.121. The van der Waals surface area contributed by atoms with Crippen molar-refractivity contribution in [1.29, 1.82) is 0 Å². The molecule has 0 N–H and O–H groups in total. The summed E-state index contributed by atoms with van der Waals surface area (Å²) in [5.74, 6) is 1.22. The first-order valence-electron chi connectivity index (χ1n) is 10.3. The Morgan fingerprint density at radius 1 is 1.15 bits per heavy atom. The van der Waals surface area contributed by atoms with E-state index >= 15 is 0 Å². The molecule has 0 bridgehead atoms. The number of ether oxygens (including phenoxy) is 1. The molecule has 4 rings (SSSR count). The Morgan fingerprint density at radius 3 is 2.62 bits per heavy atom. The summed E-state index contributed by atoms with van der Waals surface area (Å²) < 4.78 is 7.80. The van der Waals surface area contributed by atoms with Crippen molar-refractivity contribution in [3.05, 3.63) is 97.1 Å². The number of halogens is 1. The third-order valence-electron chi connectivity index (χ3n) is 4.81. The van der Waals surface area contributed by atoms with E-state index in [1.54, 1.807) is 36.5 Å². The van der Waals surface area contributed by atoms with Gasteiger partial charge in [-0.3, -0.25) is 14.9 Å². The Morgan fingerprint density at radius 2 is 1.94 bits per heavy atom. The zero-order chi connectivity index (χ0) is 24.5. The highest BCUT2D eigenvalue weighted by molar-refractivity contribution is 9.10. The molecule has 0 aliphatic heterocycles. The predicted octanol–water partition coefficient (Wildman–Crippen LogP) is 5.43. The zero-order valence-electron chi connectivity index (χ0n) is 18.6. The quantitative estimate of drug-likeness (QED) is 0.196. The Kier molecular flexibility index (Phi) is 6.25. The first-order chi connectivity index (χ1) is 16.1. The molecule has 4 aromatic rings. The van der Waals surface area contributed by atoms with Crippen molar-refractivity contribution in [3.8, 4) is 11.6 Å². The Labute approximate surface area is 203 Å². The number of hydrogen-bond acceptors (Lipinski definition) is 7. The Bertz CT molecular complexity index is 1470. The molecular formula is C24H20BrN5O4. The lowest BCUT2D eigenvalue weighted by molar-refractivity contribution is -0.385. The SMILES string of the molecule is CC(C)(C)c1nc2ccc(Br)cc2c(=O)n1N=Cc1cccc(Oc2ccc([N+](=O)[O-])cn2)c1. The van der Waals surface area contributed by atoms with Crippen molar-refractivity contribution in [1.82, 2.24) is 14.6 Å². The number of rotatable bonds is 5. The topological polar surface area (TPSA) is 113 Å². The lowest BCUT2D eigenvalue weighted by Gasteiger charge is -2.20. The van der Waals surface area contributed by atoms with Crippen LogP contribution in [0.3, 0.4) is 0 Å². The van der Waals surface area contributed by atoms with Gasteiger partial charge in [0.1, 0.15) is 17.8 Å². The minimum Gasteiger partial charge on any atom is -0.439 e. The first-order valence-corrected chi connectivity index (χ1v) is 11.1. The minimum atomic E-state index is -0.526. The molecule has 2 heterocycles. The molecule has 0 saturated heterocycles. The number of aromatic nitrogens is 3. The van der Waals surface area contributed by atoms with Gasteiger partial charge < -0.3 is 4.74 Å². The molecule has 2 aromatic carbocycles. The van der Waals surface area contributed by atoms with Crippen molar-refractivity contribution >= 4 is 38.7 Å². The van der Waals surface area contributed by atoms with Gasteiger partial charge >= 0.3 is 0 Å². The van der Waals surface area contributed by atoms with Crippen LogP contribution < -0.4 is 10.3 Å². The lowest BCUT2D eigenvalue weighted by Crippen LogP contribution is -2.29. The van der Waals surface area contributed by atoms with Crippen LogP contribution in [0.5, 0.6) is 11.6 Å². The molecule has 0 spiro atoms. The maximum absolute atomic E-state index is 13.3. The van der Waals surface area contributed by atoms with Gasteiger partial charge in [0.05, 0.1) is 22.0 Å². The smallest absolute Gasteiger partial charge is 0.287 e. The molecule has 9 nitrogen and oxygen atoms in total. The van der Waals surface area contributed by atoms with E-state index in [1.807, 2.05) is 32.9 Å². The number of nitro groups is 1. The first kappa shape index (κ1) is 23.2. The van der Waals surface area contributed by atoms with Gasteiger partial charge in [-0.25, -0.2) is 9.97 Å². The summed E-state index contributed by atoms with van der Waals surface area (Å²) >= 11 is 3.40. The highest BCUT2D eigenvalue weighted by Crippen LogP contribution is 2.24. The Balaban J connectivity index is 1.68. The molecule has 0 fully saturated rings. The van der Waals surface area contributed by atoms with Gasteiger partial charge in [-0.1, -0.05) is 48.8 Å². The van der Waals surface area contributed by atoms with Gasteiger partial charge in [0.15, 0.2) is 0 Å². The van der Waals surface area contributed by atoms with Gasteiger partial charge in [0.25, 0.3) is 11.2 Å². The zero-order valence-corrected chi connectivity index (χ0v) is 20.2. The van der Waals surface area contributed by atoms with Crippen molar-refractivity contribution in [2.45, 2.75) is 26.2 Å². The third kappa shape index (κ3) is 5.01. The molecule has 0 atom stereocenters. The molecule has 34 heavy (non-hydrogen) atoms. The number of hydrogen-bond donors (Lipinski definition) is 0. The second-order valence-electron chi connectivity index (χ2n) is 8.49. The van der Waals surface area contributed by atoms with Gasteiger partial charge in [0, 0.05) is 22.0 Å². The van der Waals surface area contributed by atoms with Crippen LogP contribution in [0, 0.1) is 10.1 Å². The molecule has 0 aliphatic rings. The van der Waals surface area contributed by atoms with Gasteiger partial charge in [-0.05, 0) is 35.9 Å². The highest BCUT2D eigenvalue weighted by Gasteiger charge is 2.22. The van der Waals surface area contributed by atoms with Crippen molar-refractivity contribution < 1.29 is 9.66 Å². The number of nitrogens with zero attached hydrogens (tertiary/aromatic N) is 5. The van der Waals surface area contributed by atoms with E-state index < -0.39 is 10.3 Å². The van der Waals surface area contributed by atoms with Crippen LogP contribution >= 0.6 is 15.9 Å². The number of benzene rings is 2. The van der Waals surface area contributed by atoms with Crippen LogP contribution in [0.15, 0.2) is 75.2 Å². The third-order valence-corrected chi connectivity index (χ3v) is 5.31. The van der Waals surface area contributed by atoms with Crippen LogP contribution in [0.1, 0.15) is 32.2 Å². The van der Waals surface area contributed by atoms with E-state index in [9.17, 15) is 14.9 Å². The summed E-state index contributed by atoms with van der Waals surface area (Å²) in [6.45, 7) is 5.91. The second-order valence-corrected chi connectivity index (χ2v) is 9.41. The van der Waals surface area contributed by atoms with E-state index in [0.29, 0.717) is 28.0 Å². The lowest BCUT2D eigenvalue weighted by atomic mass is 9.95. The van der Waals surface area contributed by atoms with Crippen LogP contribution in [0.2, 0.25) is 0 Å². The molecule has 0 unspecified atom stereocenters. The van der Waals surface area contributed by atoms with Crippen LogP contribution in [-0.2, 0) is 5.41 Å². The summed E-state index contributed by atoms with van der Waals surface area (Å²) in [4.78, 5) is 32.2. The highest BCUT2D eigenvalue weighted by atomic mass is 79.9. The summed E-state index contributed by atoms with van der Waals surface area (Å²) in [5, 5.41) is 15.7. The fourth-order valence-corrected chi connectivity index (χ4v) is 3.55. The molecule has 0 saturated carbocycles. The molecule has 0 radical (unpaired) electrons. The largest absolute Gasteiger partial charge is 0.439 e. The summed E-state index contributed by atoms with van der Waals surface area (Å²) in [5.41, 5.74) is 0.472. The molecule has 172 valence electrons. The van der Waals surface area contributed by atoms with E-state index in [-0.39, 0.29) is 17.1 Å². The molecule has 0 amide bonds. The van der Waals surface area contributed by atoms with E-state index in [2.05, 4.69) is 26.0 Å². The van der Waals surface area contributed by atoms with Crippen LogP contribution in [0.4, 0.5) is 5.69 Å². The van der Waals surface area contributed by atoms with Gasteiger partial charge in [-0.2, -0.15) is 9.78 Å². The summed E-state index contributed by atoms with van der Waals surface area (Å²) in [6.07, 6.45) is 2.68. The average molecular weight is 522 g/mol. The molecule has 0 aliphatic carbocycles. The van der Waals surface area contributed by atoms with Crippen molar-refractivity contribution in [2.75, 3.05) is 0 Å². The van der Waals surface area contributed by atoms with E-state index in [4.69, 9.17) is 9.72 Å². The monoisotopic (exact) mass is 521 g/mol. The summed E-state index contributed by atoms with van der Waals surface area (Å²) in [6, 6.07) is 15.2. The fourth-order valence-electron chi connectivity index (χ4n) is 3.19.